The highest BCUT2D eigenvalue weighted by Gasteiger charge is 2.32. The van der Waals surface area contributed by atoms with Crippen LogP contribution in [-0.2, 0) is 6.54 Å². The predicted octanol–water partition coefficient (Wildman–Crippen LogP) is 3.37. The second-order valence-corrected chi connectivity index (χ2v) is 6.84. The number of halogens is 1. The second-order valence-electron chi connectivity index (χ2n) is 5.04. The van der Waals surface area contributed by atoms with Gasteiger partial charge in [0.05, 0.1) is 4.34 Å². The van der Waals surface area contributed by atoms with Gasteiger partial charge in [0.15, 0.2) is 0 Å². The summed E-state index contributed by atoms with van der Waals surface area (Å²) in [5.74, 6) is 0. The van der Waals surface area contributed by atoms with Crippen LogP contribution in [0.15, 0.2) is 12.1 Å². The predicted molar refractivity (Wildman–Crippen MR) is 75.9 cm³/mol. The molecule has 0 aliphatic carbocycles. The Hall–Kier alpha value is -0.0900. The molecule has 96 valence electrons. The molecule has 1 aromatic heterocycles. The molecule has 0 saturated carbocycles. The van der Waals surface area contributed by atoms with Gasteiger partial charge in [-0.1, -0.05) is 18.5 Å². The molecule has 1 aromatic rings. The minimum atomic E-state index is 0.343. The van der Waals surface area contributed by atoms with Gasteiger partial charge in [-0.15, -0.1) is 11.3 Å². The fourth-order valence-corrected chi connectivity index (χ4v) is 3.86. The summed E-state index contributed by atoms with van der Waals surface area (Å²) in [6, 6.07) is 4.11. The van der Waals surface area contributed by atoms with E-state index in [0.29, 0.717) is 5.54 Å². The molecule has 0 radical (unpaired) electrons. The standard InChI is InChI=1S/C13H21ClN2S/c1-3-13(7-4-8-15-13)10-16(2)9-11-5-6-12(14)17-11/h5-6,15H,3-4,7-10H2,1-2H3. The van der Waals surface area contributed by atoms with Crippen LogP contribution in [-0.4, -0.2) is 30.6 Å². The number of nitrogens with one attached hydrogen (secondary N) is 1. The molecule has 1 aliphatic heterocycles. The van der Waals surface area contributed by atoms with E-state index in [0.717, 1.165) is 17.4 Å². The lowest BCUT2D eigenvalue weighted by atomic mass is 9.93. The molecule has 2 nitrogen and oxygen atoms in total. The molecular weight excluding hydrogens is 252 g/mol. The van der Waals surface area contributed by atoms with Crippen molar-refractivity contribution < 1.29 is 0 Å². The molecule has 1 saturated heterocycles. The first-order chi connectivity index (χ1) is 8.13. The molecule has 2 heterocycles. The van der Waals surface area contributed by atoms with Crippen molar-refractivity contribution in [2.45, 2.75) is 38.3 Å². The van der Waals surface area contributed by atoms with Crippen LogP contribution < -0.4 is 5.32 Å². The van der Waals surface area contributed by atoms with Crippen molar-refractivity contribution in [3.63, 3.8) is 0 Å². The lowest BCUT2D eigenvalue weighted by molar-refractivity contribution is 0.215. The summed E-state index contributed by atoms with van der Waals surface area (Å²) in [6.45, 7) is 5.58. The highest BCUT2D eigenvalue weighted by Crippen LogP contribution is 2.26. The Bertz CT molecular complexity index is 358. The average molecular weight is 273 g/mol. The van der Waals surface area contributed by atoms with Crippen molar-refractivity contribution in [2.75, 3.05) is 20.1 Å². The highest BCUT2D eigenvalue weighted by molar-refractivity contribution is 7.16. The summed E-state index contributed by atoms with van der Waals surface area (Å²) in [7, 11) is 2.20. The molecule has 0 bridgehead atoms. The van der Waals surface area contributed by atoms with Crippen LogP contribution in [0.5, 0.6) is 0 Å². The number of thiophene rings is 1. The molecular formula is C13H21ClN2S. The summed E-state index contributed by atoms with van der Waals surface area (Å²) < 4.78 is 0.887. The molecule has 2 rings (SSSR count). The first kappa shape index (κ1) is 13.3. The Balaban J connectivity index is 1.90. The van der Waals surface area contributed by atoms with Crippen LogP contribution in [0.4, 0.5) is 0 Å². The van der Waals surface area contributed by atoms with Gasteiger partial charge in [-0.25, -0.2) is 0 Å². The fraction of sp³-hybridized carbons (Fsp3) is 0.692. The molecule has 1 unspecified atom stereocenters. The Morgan fingerprint density at radius 1 is 1.53 bits per heavy atom. The molecule has 0 aromatic carbocycles. The maximum Gasteiger partial charge on any atom is 0.0931 e. The van der Waals surface area contributed by atoms with Crippen molar-refractivity contribution in [3.8, 4) is 0 Å². The summed E-state index contributed by atoms with van der Waals surface area (Å²) in [5, 5.41) is 3.68. The maximum atomic E-state index is 5.96. The summed E-state index contributed by atoms with van der Waals surface area (Å²) in [6.07, 6.45) is 3.83. The Kier molecular flexibility index (Phi) is 4.47. The zero-order valence-corrected chi connectivity index (χ0v) is 12.2. The summed E-state index contributed by atoms with van der Waals surface area (Å²) >= 11 is 7.64. The van der Waals surface area contributed by atoms with Gasteiger partial charge in [0, 0.05) is 23.5 Å². The Labute approximate surface area is 113 Å². The largest absolute Gasteiger partial charge is 0.310 e. The van der Waals surface area contributed by atoms with E-state index in [2.05, 4.69) is 30.3 Å². The van der Waals surface area contributed by atoms with E-state index in [9.17, 15) is 0 Å². The lowest BCUT2D eigenvalue weighted by Crippen LogP contribution is -2.48. The zero-order chi connectivity index (χ0) is 12.3. The third-order valence-electron chi connectivity index (χ3n) is 3.64. The number of likely N-dealkylation sites (N-methyl/N-ethyl adjacent to an activating group) is 1. The monoisotopic (exact) mass is 272 g/mol. The number of hydrogen-bond donors (Lipinski definition) is 1. The second kappa shape index (κ2) is 5.70. The van der Waals surface area contributed by atoms with Gasteiger partial charge in [-0.3, -0.25) is 4.90 Å². The summed E-state index contributed by atoms with van der Waals surface area (Å²) in [4.78, 5) is 3.76. The fourth-order valence-electron chi connectivity index (χ4n) is 2.69. The van der Waals surface area contributed by atoms with Gasteiger partial charge in [0.2, 0.25) is 0 Å². The number of hydrogen-bond acceptors (Lipinski definition) is 3. The van der Waals surface area contributed by atoms with Crippen molar-refractivity contribution in [1.29, 1.82) is 0 Å². The summed E-state index contributed by atoms with van der Waals surface area (Å²) in [5.41, 5.74) is 0.343. The van der Waals surface area contributed by atoms with Gasteiger partial charge >= 0.3 is 0 Å². The van der Waals surface area contributed by atoms with Crippen molar-refractivity contribution in [2.24, 2.45) is 0 Å². The first-order valence-corrected chi connectivity index (χ1v) is 7.51. The Morgan fingerprint density at radius 3 is 2.88 bits per heavy atom. The van der Waals surface area contributed by atoms with Gasteiger partial charge in [-0.2, -0.15) is 0 Å². The van der Waals surface area contributed by atoms with Crippen LogP contribution in [0.2, 0.25) is 4.34 Å². The van der Waals surface area contributed by atoms with Gasteiger partial charge in [-0.05, 0) is 45.0 Å². The zero-order valence-electron chi connectivity index (χ0n) is 10.6. The molecule has 1 N–H and O–H groups in total. The molecule has 1 aliphatic rings. The van der Waals surface area contributed by atoms with E-state index in [-0.39, 0.29) is 0 Å². The minimum Gasteiger partial charge on any atom is -0.310 e. The molecule has 17 heavy (non-hydrogen) atoms. The SMILES string of the molecule is CCC1(CN(C)Cc2ccc(Cl)s2)CCCN1. The smallest absolute Gasteiger partial charge is 0.0931 e. The quantitative estimate of drug-likeness (QED) is 0.884. The third kappa shape index (κ3) is 3.44. The van der Waals surface area contributed by atoms with Crippen molar-refractivity contribution in [1.82, 2.24) is 10.2 Å². The van der Waals surface area contributed by atoms with E-state index in [1.54, 1.807) is 11.3 Å². The maximum absolute atomic E-state index is 5.96. The third-order valence-corrected chi connectivity index (χ3v) is 4.85. The van der Waals surface area contributed by atoms with E-state index >= 15 is 0 Å². The Morgan fingerprint density at radius 2 is 2.35 bits per heavy atom. The molecule has 4 heteroatoms. The number of rotatable bonds is 5. The van der Waals surface area contributed by atoms with E-state index in [4.69, 9.17) is 11.6 Å². The van der Waals surface area contributed by atoms with Crippen molar-refractivity contribution in [3.05, 3.63) is 21.3 Å². The molecule has 1 atom stereocenters. The van der Waals surface area contributed by atoms with Crippen LogP contribution in [0, 0.1) is 0 Å². The van der Waals surface area contributed by atoms with E-state index < -0.39 is 0 Å². The minimum absolute atomic E-state index is 0.343. The number of nitrogens with zero attached hydrogens (tertiary/aromatic N) is 1. The average Bonchev–Trinajstić information content (AvgIpc) is 2.89. The molecule has 0 spiro atoms. The lowest BCUT2D eigenvalue weighted by Gasteiger charge is -2.33. The van der Waals surface area contributed by atoms with Crippen molar-refractivity contribution >= 4 is 22.9 Å². The normalized spacial score (nSPS) is 24.7. The highest BCUT2D eigenvalue weighted by atomic mass is 35.5. The first-order valence-electron chi connectivity index (χ1n) is 6.31. The van der Waals surface area contributed by atoms with Gasteiger partial charge in [0.1, 0.15) is 0 Å². The van der Waals surface area contributed by atoms with Crippen LogP contribution in [0.25, 0.3) is 0 Å². The van der Waals surface area contributed by atoms with Crippen LogP contribution in [0.3, 0.4) is 0 Å². The van der Waals surface area contributed by atoms with Gasteiger partial charge in [0.25, 0.3) is 0 Å². The topological polar surface area (TPSA) is 15.3 Å². The van der Waals surface area contributed by atoms with E-state index in [1.165, 1.54) is 30.7 Å². The van der Waals surface area contributed by atoms with Gasteiger partial charge < -0.3 is 5.32 Å². The van der Waals surface area contributed by atoms with Crippen LogP contribution >= 0.6 is 22.9 Å². The molecule has 0 amide bonds. The van der Waals surface area contributed by atoms with E-state index in [1.807, 2.05) is 6.07 Å². The molecule has 1 fully saturated rings. The van der Waals surface area contributed by atoms with Crippen LogP contribution in [0.1, 0.15) is 31.1 Å².